The van der Waals surface area contributed by atoms with Crippen LogP contribution in [-0.4, -0.2) is 16.3 Å². The molecule has 0 bridgehead atoms. The first-order valence-electron chi connectivity index (χ1n) is 2.56. The van der Waals surface area contributed by atoms with E-state index in [1.165, 1.54) is 0 Å². The number of rotatable bonds is 1. The van der Waals surface area contributed by atoms with Crippen molar-refractivity contribution < 1.29 is 4.79 Å². The SMILES string of the molecule is O=CC1(S)CCC1S. The summed E-state index contributed by atoms with van der Waals surface area (Å²) in [4.78, 5) is 10.2. The van der Waals surface area contributed by atoms with Crippen molar-refractivity contribution in [2.24, 2.45) is 0 Å². The van der Waals surface area contributed by atoms with Crippen molar-refractivity contribution in [1.82, 2.24) is 0 Å². The van der Waals surface area contributed by atoms with Crippen LogP contribution in [-0.2, 0) is 4.79 Å². The van der Waals surface area contributed by atoms with E-state index < -0.39 is 4.75 Å². The van der Waals surface area contributed by atoms with E-state index >= 15 is 0 Å². The molecule has 2 atom stereocenters. The molecule has 8 heavy (non-hydrogen) atoms. The molecule has 2 unspecified atom stereocenters. The van der Waals surface area contributed by atoms with E-state index in [2.05, 4.69) is 25.3 Å². The lowest BCUT2D eigenvalue weighted by molar-refractivity contribution is -0.111. The highest BCUT2D eigenvalue weighted by Crippen LogP contribution is 2.39. The van der Waals surface area contributed by atoms with Crippen molar-refractivity contribution in [1.29, 1.82) is 0 Å². The number of hydrogen-bond donors (Lipinski definition) is 2. The van der Waals surface area contributed by atoms with Gasteiger partial charge in [0, 0.05) is 5.25 Å². The maximum absolute atomic E-state index is 10.2. The fraction of sp³-hybridized carbons (Fsp3) is 0.800. The highest BCUT2D eigenvalue weighted by atomic mass is 32.1. The number of aldehydes is 1. The van der Waals surface area contributed by atoms with Crippen LogP contribution in [0, 0.1) is 0 Å². The van der Waals surface area contributed by atoms with E-state index in [0.29, 0.717) is 0 Å². The topological polar surface area (TPSA) is 17.1 Å². The predicted octanol–water partition coefficient (Wildman–Crippen LogP) is 0.946. The minimum Gasteiger partial charge on any atom is -0.302 e. The van der Waals surface area contributed by atoms with E-state index in [0.717, 1.165) is 19.1 Å². The van der Waals surface area contributed by atoms with Crippen LogP contribution in [0.1, 0.15) is 12.8 Å². The van der Waals surface area contributed by atoms with Crippen molar-refractivity contribution >= 4 is 31.5 Å². The molecule has 0 aromatic carbocycles. The molecule has 0 aliphatic heterocycles. The third-order valence-corrected chi connectivity index (χ3v) is 3.16. The Kier molecular flexibility index (Phi) is 1.59. The zero-order valence-corrected chi connectivity index (χ0v) is 6.16. The van der Waals surface area contributed by atoms with Crippen LogP contribution >= 0.6 is 25.3 Å². The summed E-state index contributed by atoms with van der Waals surface area (Å²) in [7, 11) is 0. The van der Waals surface area contributed by atoms with Gasteiger partial charge in [-0.25, -0.2) is 0 Å². The first-order valence-corrected chi connectivity index (χ1v) is 3.52. The lowest BCUT2D eigenvalue weighted by atomic mass is 9.85. The van der Waals surface area contributed by atoms with Gasteiger partial charge in [-0.2, -0.15) is 25.3 Å². The molecule has 0 aromatic heterocycles. The standard InChI is InChI=1S/C5H8OS2/c6-3-5(8)2-1-4(5)7/h3-4,7-8H,1-2H2. The predicted molar refractivity (Wildman–Crippen MR) is 39.8 cm³/mol. The monoisotopic (exact) mass is 148 g/mol. The summed E-state index contributed by atoms with van der Waals surface area (Å²) >= 11 is 8.26. The molecule has 1 saturated carbocycles. The fourth-order valence-electron chi connectivity index (χ4n) is 0.707. The van der Waals surface area contributed by atoms with Crippen LogP contribution in [0.15, 0.2) is 0 Å². The highest BCUT2D eigenvalue weighted by Gasteiger charge is 2.41. The molecule has 0 amide bonds. The minimum atomic E-state index is -0.400. The van der Waals surface area contributed by atoms with Crippen molar-refractivity contribution in [2.45, 2.75) is 22.8 Å². The summed E-state index contributed by atoms with van der Waals surface area (Å²) < 4.78 is -0.400. The van der Waals surface area contributed by atoms with Crippen molar-refractivity contribution in [3.05, 3.63) is 0 Å². The van der Waals surface area contributed by atoms with Crippen molar-refractivity contribution in [3.8, 4) is 0 Å². The van der Waals surface area contributed by atoms with Crippen LogP contribution in [0.5, 0.6) is 0 Å². The van der Waals surface area contributed by atoms with Gasteiger partial charge < -0.3 is 4.79 Å². The zero-order chi connectivity index (χ0) is 6.20. The number of carbonyl (C=O) groups is 1. The smallest absolute Gasteiger partial charge is 0.136 e. The maximum Gasteiger partial charge on any atom is 0.136 e. The normalized spacial score (nSPS) is 45.5. The minimum absolute atomic E-state index is 0.184. The molecule has 0 aromatic rings. The quantitative estimate of drug-likeness (QED) is 0.418. The summed E-state index contributed by atoms with van der Waals surface area (Å²) in [5.74, 6) is 0. The Morgan fingerprint density at radius 3 is 2.38 bits per heavy atom. The van der Waals surface area contributed by atoms with Crippen molar-refractivity contribution in [3.63, 3.8) is 0 Å². The molecule has 0 heterocycles. The Balaban J connectivity index is 2.54. The van der Waals surface area contributed by atoms with E-state index in [-0.39, 0.29) is 5.25 Å². The second kappa shape index (κ2) is 1.95. The zero-order valence-electron chi connectivity index (χ0n) is 4.37. The summed E-state index contributed by atoms with van der Waals surface area (Å²) in [6, 6.07) is 0. The van der Waals surface area contributed by atoms with Gasteiger partial charge in [0.15, 0.2) is 0 Å². The Bertz CT molecular complexity index is 115. The van der Waals surface area contributed by atoms with Crippen molar-refractivity contribution in [2.75, 3.05) is 0 Å². The van der Waals surface area contributed by atoms with Crippen LogP contribution < -0.4 is 0 Å². The lowest BCUT2D eigenvalue weighted by Gasteiger charge is -2.38. The molecule has 0 spiro atoms. The average Bonchev–Trinajstić information content (AvgIpc) is 1.83. The molecule has 46 valence electrons. The Morgan fingerprint density at radius 2 is 2.38 bits per heavy atom. The van der Waals surface area contributed by atoms with E-state index in [4.69, 9.17) is 0 Å². The van der Waals surface area contributed by atoms with Gasteiger partial charge >= 0.3 is 0 Å². The van der Waals surface area contributed by atoms with E-state index in [1.807, 2.05) is 0 Å². The molecule has 3 heteroatoms. The number of hydrogen-bond acceptors (Lipinski definition) is 3. The van der Waals surface area contributed by atoms with Crippen LogP contribution in [0.4, 0.5) is 0 Å². The van der Waals surface area contributed by atoms with Gasteiger partial charge in [0.25, 0.3) is 0 Å². The van der Waals surface area contributed by atoms with Gasteiger partial charge in [0.05, 0.1) is 4.75 Å². The van der Waals surface area contributed by atoms with E-state index in [1.54, 1.807) is 0 Å². The molecule has 1 fully saturated rings. The molecular weight excluding hydrogens is 140 g/mol. The van der Waals surface area contributed by atoms with Gasteiger partial charge in [0.2, 0.25) is 0 Å². The third kappa shape index (κ3) is 0.778. The Morgan fingerprint density at radius 1 is 1.75 bits per heavy atom. The summed E-state index contributed by atoms with van der Waals surface area (Å²) in [6.45, 7) is 0. The lowest BCUT2D eigenvalue weighted by Crippen LogP contribution is -2.44. The molecule has 0 N–H and O–H groups in total. The molecular formula is C5H8OS2. The average molecular weight is 148 g/mol. The van der Waals surface area contributed by atoms with Crippen LogP contribution in [0.2, 0.25) is 0 Å². The number of carbonyl (C=O) groups excluding carboxylic acids is 1. The van der Waals surface area contributed by atoms with E-state index in [9.17, 15) is 4.79 Å². The second-order valence-electron chi connectivity index (χ2n) is 2.16. The fourth-order valence-corrected chi connectivity index (χ4v) is 1.28. The molecule has 1 nitrogen and oxygen atoms in total. The maximum atomic E-state index is 10.2. The Hall–Kier alpha value is 0.370. The highest BCUT2D eigenvalue weighted by molar-refractivity contribution is 7.86. The number of thiol groups is 2. The summed E-state index contributed by atoms with van der Waals surface area (Å²) in [5.41, 5.74) is 0. The van der Waals surface area contributed by atoms with Crippen LogP contribution in [0.3, 0.4) is 0 Å². The molecule has 1 rings (SSSR count). The first-order chi connectivity index (χ1) is 3.69. The third-order valence-electron chi connectivity index (χ3n) is 1.60. The van der Waals surface area contributed by atoms with Gasteiger partial charge in [-0.3, -0.25) is 0 Å². The largest absolute Gasteiger partial charge is 0.302 e. The second-order valence-corrected chi connectivity index (χ2v) is 3.62. The van der Waals surface area contributed by atoms with Crippen LogP contribution in [0.25, 0.3) is 0 Å². The molecule has 1 aliphatic carbocycles. The van der Waals surface area contributed by atoms with Gasteiger partial charge in [-0.05, 0) is 12.8 Å². The molecule has 1 aliphatic rings. The summed E-state index contributed by atoms with van der Waals surface area (Å²) in [6.07, 6.45) is 2.79. The first kappa shape index (κ1) is 6.49. The molecule has 0 saturated heterocycles. The summed E-state index contributed by atoms with van der Waals surface area (Å²) in [5, 5.41) is 0.184. The van der Waals surface area contributed by atoms with Gasteiger partial charge in [0.1, 0.15) is 6.29 Å². The Labute approximate surface area is 59.7 Å². The van der Waals surface area contributed by atoms with Gasteiger partial charge in [-0.1, -0.05) is 0 Å². The molecule has 0 radical (unpaired) electrons. The van der Waals surface area contributed by atoms with Gasteiger partial charge in [-0.15, -0.1) is 0 Å².